The highest BCUT2D eigenvalue weighted by molar-refractivity contribution is 6.34. The van der Waals surface area contributed by atoms with E-state index in [9.17, 15) is 14.9 Å². The van der Waals surface area contributed by atoms with Gasteiger partial charge in [0, 0.05) is 5.56 Å². The summed E-state index contributed by atoms with van der Waals surface area (Å²) in [6.07, 6.45) is 0. The number of benzene rings is 3. The van der Waals surface area contributed by atoms with Crippen molar-refractivity contribution in [3.05, 3.63) is 94.5 Å². The lowest BCUT2D eigenvalue weighted by atomic mass is 10.1. The van der Waals surface area contributed by atoms with Gasteiger partial charge >= 0.3 is 5.97 Å². The van der Waals surface area contributed by atoms with E-state index in [-0.39, 0.29) is 22.2 Å². The highest BCUT2D eigenvalue weighted by atomic mass is 35.5. The van der Waals surface area contributed by atoms with Crippen molar-refractivity contribution in [3.8, 4) is 6.07 Å². The number of nitrogens with zero attached hydrogens (tertiary/aromatic N) is 2. The molecule has 0 spiro atoms. The van der Waals surface area contributed by atoms with Crippen molar-refractivity contribution >= 4 is 34.9 Å². The van der Waals surface area contributed by atoms with Crippen LogP contribution >= 0.6 is 11.6 Å². The Morgan fingerprint density at radius 2 is 1.61 bits per heavy atom. The second-order valence-corrected chi connectivity index (χ2v) is 6.20. The molecule has 0 N–H and O–H groups in total. The molecule has 1 amide bonds. The zero-order chi connectivity index (χ0) is 20.1. The van der Waals surface area contributed by atoms with Gasteiger partial charge in [0.25, 0.3) is 5.91 Å². The Balaban J connectivity index is 2.25. The van der Waals surface area contributed by atoms with E-state index < -0.39 is 5.97 Å². The van der Waals surface area contributed by atoms with Gasteiger partial charge in [-0.2, -0.15) is 5.26 Å². The average molecular weight is 391 g/mol. The van der Waals surface area contributed by atoms with Crippen LogP contribution in [0.25, 0.3) is 0 Å². The summed E-state index contributed by atoms with van der Waals surface area (Å²) in [4.78, 5) is 26.7. The number of para-hydroxylation sites is 1. The highest BCUT2D eigenvalue weighted by Crippen LogP contribution is 2.36. The van der Waals surface area contributed by atoms with E-state index >= 15 is 0 Å². The largest absolute Gasteiger partial charge is 0.465 e. The van der Waals surface area contributed by atoms with Gasteiger partial charge in [-0.05, 0) is 42.5 Å². The lowest BCUT2D eigenvalue weighted by Crippen LogP contribution is -2.27. The number of hydrogen-bond donors (Lipinski definition) is 0. The van der Waals surface area contributed by atoms with Crippen molar-refractivity contribution in [2.24, 2.45) is 0 Å². The fourth-order valence-electron chi connectivity index (χ4n) is 2.75. The van der Waals surface area contributed by atoms with E-state index in [0.717, 1.165) is 0 Å². The smallest absolute Gasteiger partial charge is 0.337 e. The van der Waals surface area contributed by atoms with E-state index in [1.165, 1.54) is 30.2 Å². The third kappa shape index (κ3) is 3.73. The van der Waals surface area contributed by atoms with Crippen LogP contribution in [0.2, 0.25) is 5.02 Å². The fourth-order valence-corrected chi connectivity index (χ4v) is 2.95. The third-order valence-corrected chi connectivity index (χ3v) is 4.42. The third-order valence-electron chi connectivity index (χ3n) is 4.10. The van der Waals surface area contributed by atoms with E-state index in [0.29, 0.717) is 16.8 Å². The summed E-state index contributed by atoms with van der Waals surface area (Å²) in [7, 11) is 1.27. The summed E-state index contributed by atoms with van der Waals surface area (Å²) in [5.74, 6) is -0.939. The van der Waals surface area contributed by atoms with E-state index in [1.54, 1.807) is 54.6 Å². The molecular formula is C22H15ClN2O3. The number of esters is 1. The Hall–Kier alpha value is -3.62. The number of carbonyl (C=O) groups excluding carboxylic acids is 2. The number of halogens is 1. The molecule has 0 heterocycles. The van der Waals surface area contributed by atoms with E-state index in [1.807, 2.05) is 0 Å². The van der Waals surface area contributed by atoms with Gasteiger partial charge in [-0.25, -0.2) is 4.79 Å². The minimum Gasteiger partial charge on any atom is -0.465 e. The van der Waals surface area contributed by atoms with Crippen LogP contribution in [-0.4, -0.2) is 19.0 Å². The SMILES string of the molecule is COC(=O)c1ccc(Cl)c(N(C(=O)c2ccccc2)c2ccccc2C#N)c1. The molecule has 0 aromatic heterocycles. The fraction of sp³-hybridized carbons (Fsp3) is 0.0455. The van der Waals surface area contributed by atoms with Crippen LogP contribution in [0.15, 0.2) is 72.8 Å². The molecule has 3 rings (SSSR count). The Morgan fingerprint density at radius 3 is 2.29 bits per heavy atom. The summed E-state index contributed by atoms with van der Waals surface area (Å²) < 4.78 is 4.77. The van der Waals surface area contributed by atoms with E-state index in [4.69, 9.17) is 16.3 Å². The first kappa shape index (κ1) is 19.2. The molecule has 0 radical (unpaired) electrons. The zero-order valence-electron chi connectivity index (χ0n) is 14.9. The molecule has 28 heavy (non-hydrogen) atoms. The standard InChI is InChI=1S/C22H15ClN2O3/c1-28-22(27)16-11-12-18(23)20(13-16)25(19-10-6-5-9-17(19)14-24)21(26)15-7-3-2-4-8-15/h2-13H,1H3. The monoisotopic (exact) mass is 390 g/mol. The summed E-state index contributed by atoms with van der Waals surface area (Å²) in [5.41, 5.74) is 1.59. The van der Waals surface area contributed by atoms with Crippen molar-refractivity contribution in [2.45, 2.75) is 0 Å². The number of ether oxygens (including phenoxy) is 1. The van der Waals surface area contributed by atoms with Gasteiger partial charge in [0.1, 0.15) is 6.07 Å². The van der Waals surface area contributed by atoms with Gasteiger partial charge in [0.05, 0.1) is 34.6 Å². The summed E-state index contributed by atoms with van der Waals surface area (Å²) in [6.45, 7) is 0. The molecule has 0 saturated heterocycles. The van der Waals surface area contributed by atoms with Crippen LogP contribution in [0, 0.1) is 11.3 Å². The van der Waals surface area contributed by atoms with Crippen molar-refractivity contribution in [1.29, 1.82) is 5.26 Å². The second-order valence-electron chi connectivity index (χ2n) is 5.79. The Labute approximate surface area is 167 Å². The van der Waals surface area contributed by atoms with Crippen molar-refractivity contribution in [1.82, 2.24) is 0 Å². The summed E-state index contributed by atoms with van der Waals surface area (Å²) in [6, 6.07) is 21.9. The normalized spacial score (nSPS) is 10.0. The predicted molar refractivity (Wildman–Crippen MR) is 107 cm³/mol. The molecule has 0 atom stereocenters. The van der Waals surface area contributed by atoms with E-state index in [2.05, 4.69) is 6.07 Å². The molecule has 0 aliphatic rings. The van der Waals surface area contributed by atoms with Crippen LogP contribution in [0.3, 0.4) is 0 Å². The molecule has 0 unspecified atom stereocenters. The number of amides is 1. The molecule has 6 heteroatoms. The molecule has 3 aromatic rings. The summed E-state index contributed by atoms with van der Waals surface area (Å²) in [5, 5.41) is 9.78. The predicted octanol–water partition coefficient (Wildman–Crippen LogP) is 4.98. The number of hydrogen-bond acceptors (Lipinski definition) is 4. The van der Waals surface area contributed by atoms with Gasteiger partial charge in [-0.3, -0.25) is 9.69 Å². The van der Waals surface area contributed by atoms with Crippen LogP contribution < -0.4 is 4.90 Å². The molecule has 0 bridgehead atoms. The molecule has 0 aliphatic carbocycles. The first-order chi connectivity index (χ1) is 13.6. The number of nitriles is 1. The van der Waals surface area contributed by atoms with Gasteiger partial charge in [0.2, 0.25) is 0 Å². The summed E-state index contributed by atoms with van der Waals surface area (Å²) >= 11 is 6.39. The Morgan fingerprint density at radius 1 is 0.929 bits per heavy atom. The molecule has 5 nitrogen and oxygen atoms in total. The maximum Gasteiger partial charge on any atom is 0.337 e. The quantitative estimate of drug-likeness (QED) is 0.589. The molecule has 0 saturated carbocycles. The number of anilines is 2. The lowest BCUT2D eigenvalue weighted by Gasteiger charge is -2.25. The minimum absolute atomic E-state index is 0.238. The van der Waals surface area contributed by atoms with Crippen molar-refractivity contribution < 1.29 is 14.3 Å². The molecule has 0 aliphatic heterocycles. The minimum atomic E-state index is -0.557. The van der Waals surface area contributed by atoms with Gasteiger partial charge in [0.15, 0.2) is 0 Å². The highest BCUT2D eigenvalue weighted by Gasteiger charge is 2.25. The Bertz CT molecular complexity index is 1070. The maximum atomic E-state index is 13.4. The second kappa shape index (κ2) is 8.38. The lowest BCUT2D eigenvalue weighted by molar-refractivity contribution is 0.0600. The topological polar surface area (TPSA) is 70.4 Å². The molecule has 0 fully saturated rings. The van der Waals surface area contributed by atoms with Crippen LogP contribution in [0.4, 0.5) is 11.4 Å². The number of carbonyl (C=O) groups is 2. The molecular weight excluding hydrogens is 376 g/mol. The molecule has 3 aromatic carbocycles. The zero-order valence-corrected chi connectivity index (χ0v) is 15.7. The van der Waals surface area contributed by atoms with Crippen molar-refractivity contribution in [3.63, 3.8) is 0 Å². The van der Waals surface area contributed by atoms with Crippen LogP contribution in [-0.2, 0) is 4.74 Å². The number of rotatable bonds is 4. The van der Waals surface area contributed by atoms with Crippen LogP contribution in [0.1, 0.15) is 26.3 Å². The van der Waals surface area contributed by atoms with Gasteiger partial charge < -0.3 is 4.74 Å². The number of methoxy groups -OCH3 is 1. The Kier molecular flexibility index (Phi) is 5.73. The first-order valence-corrected chi connectivity index (χ1v) is 8.71. The molecule has 138 valence electrons. The van der Waals surface area contributed by atoms with Crippen molar-refractivity contribution in [2.75, 3.05) is 12.0 Å². The average Bonchev–Trinajstić information content (AvgIpc) is 2.75. The first-order valence-electron chi connectivity index (χ1n) is 8.33. The van der Waals surface area contributed by atoms with Crippen LogP contribution in [0.5, 0.6) is 0 Å². The van der Waals surface area contributed by atoms with Gasteiger partial charge in [-0.15, -0.1) is 0 Å². The maximum absolute atomic E-state index is 13.4. The van der Waals surface area contributed by atoms with Gasteiger partial charge in [-0.1, -0.05) is 41.9 Å².